The number of carbonyl (C=O) groups is 2. The number of phenols is 1. The first-order chi connectivity index (χ1) is 17.2. The Hall–Kier alpha value is -4.34. The third-order valence-electron chi connectivity index (χ3n) is 6.64. The average Bonchev–Trinajstić information content (AvgIpc) is 2.87. The van der Waals surface area contributed by atoms with Crippen LogP contribution < -0.4 is 14.8 Å². The maximum atomic E-state index is 13.7. The molecule has 0 fully saturated rings. The first-order valence-corrected chi connectivity index (χ1v) is 11.2. The van der Waals surface area contributed by atoms with Crippen LogP contribution in [0.5, 0.6) is 17.2 Å². The molecule has 36 heavy (non-hydrogen) atoms. The number of nitrogens with zero attached hydrogens (tertiary/aromatic N) is 1. The molecule has 2 aliphatic rings. The van der Waals surface area contributed by atoms with Gasteiger partial charge in [0.15, 0.2) is 11.5 Å². The number of benzene rings is 2. The monoisotopic (exact) mass is 494 g/mol. The van der Waals surface area contributed by atoms with Crippen LogP contribution in [-0.4, -0.2) is 43.1 Å². The Kier molecular flexibility index (Phi) is 6.69. The summed E-state index contributed by atoms with van der Waals surface area (Å²) >= 11 is 0. The SMILES string of the molecule is COC(=O)C1=C(C)NC2=C(C(=O)C[C@H](c3ccccc3OC)C2)[C@H]1c1cc(OC)c(O)c([N+](=O)[O-])c1. The number of allylic oxidation sites excluding steroid dienone is 3. The quantitative estimate of drug-likeness (QED) is 0.348. The molecule has 4 rings (SSSR count). The number of phenolic OH excluding ortho intramolecular Hbond substituents is 1. The molecule has 2 N–H and O–H groups in total. The Morgan fingerprint density at radius 3 is 2.44 bits per heavy atom. The van der Waals surface area contributed by atoms with E-state index in [1.54, 1.807) is 14.0 Å². The fourth-order valence-corrected chi connectivity index (χ4v) is 5.05. The van der Waals surface area contributed by atoms with Crippen molar-refractivity contribution >= 4 is 17.4 Å². The maximum Gasteiger partial charge on any atom is 0.336 e. The van der Waals surface area contributed by atoms with E-state index in [0.717, 1.165) is 11.6 Å². The van der Waals surface area contributed by atoms with Gasteiger partial charge in [-0.3, -0.25) is 14.9 Å². The lowest BCUT2D eigenvalue weighted by molar-refractivity contribution is -0.386. The minimum absolute atomic E-state index is 0.142. The van der Waals surface area contributed by atoms with Gasteiger partial charge in [0, 0.05) is 41.3 Å². The van der Waals surface area contributed by atoms with Gasteiger partial charge in [-0.1, -0.05) is 18.2 Å². The molecule has 10 heteroatoms. The van der Waals surface area contributed by atoms with Gasteiger partial charge in [-0.15, -0.1) is 0 Å². The molecule has 0 bridgehead atoms. The van der Waals surface area contributed by atoms with Crippen LogP contribution in [0.15, 0.2) is 58.9 Å². The molecule has 0 amide bonds. The third kappa shape index (κ3) is 4.15. The van der Waals surface area contributed by atoms with Crippen molar-refractivity contribution in [3.63, 3.8) is 0 Å². The molecule has 2 atom stereocenters. The van der Waals surface area contributed by atoms with Crippen LogP contribution in [-0.2, 0) is 14.3 Å². The highest BCUT2D eigenvalue weighted by Gasteiger charge is 2.42. The number of carbonyl (C=O) groups excluding carboxylic acids is 2. The van der Waals surface area contributed by atoms with E-state index in [2.05, 4.69) is 5.32 Å². The molecule has 188 valence electrons. The number of esters is 1. The van der Waals surface area contributed by atoms with Crippen molar-refractivity contribution in [2.24, 2.45) is 0 Å². The van der Waals surface area contributed by atoms with Crippen molar-refractivity contribution in [1.82, 2.24) is 5.32 Å². The lowest BCUT2D eigenvalue weighted by atomic mass is 9.71. The second-order valence-corrected chi connectivity index (χ2v) is 8.60. The first kappa shape index (κ1) is 24.8. The molecule has 0 spiro atoms. The Balaban J connectivity index is 1.90. The highest BCUT2D eigenvalue weighted by atomic mass is 16.6. The maximum absolute atomic E-state index is 13.7. The van der Waals surface area contributed by atoms with Gasteiger partial charge in [-0.2, -0.15) is 0 Å². The largest absolute Gasteiger partial charge is 0.500 e. The number of hydrogen-bond acceptors (Lipinski definition) is 9. The number of para-hydroxylation sites is 1. The Labute approximate surface area is 207 Å². The number of nitrogens with one attached hydrogen (secondary N) is 1. The van der Waals surface area contributed by atoms with E-state index < -0.39 is 28.2 Å². The summed E-state index contributed by atoms with van der Waals surface area (Å²) in [5.74, 6) is -2.12. The summed E-state index contributed by atoms with van der Waals surface area (Å²) in [7, 11) is 4.06. The Morgan fingerprint density at radius 2 is 1.81 bits per heavy atom. The van der Waals surface area contributed by atoms with Crippen molar-refractivity contribution in [3.8, 4) is 17.2 Å². The zero-order valence-corrected chi connectivity index (χ0v) is 20.3. The molecule has 0 radical (unpaired) electrons. The van der Waals surface area contributed by atoms with Gasteiger partial charge in [-0.05, 0) is 36.6 Å². The van der Waals surface area contributed by atoms with Gasteiger partial charge in [0.05, 0.1) is 31.8 Å². The molecule has 2 aromatic rings. The molecule has 1 aliphatic carbocycles. The number of aromatic hydroxyl groups is 1. The van der Waals surface area contributed by atoms with E-state index in [9.17, 15) is 24.8 Å². The number of methoxy groups -OCH3 is 3. The average molecular weight is 495 g/mol. The minimum atomic E-state index is -0.951. The van der Waals surface area contributed by atoms with E-state index >= 15 is 0 Å². The van der Waals surface area contributed by atoms with E-state index in [4.69, 9.17) is 14.2 Å². The lowest BCUT2D eigenvalue weighted by Crippen LogP contribution is -2.36. The Bertz CT molecular complexity index is 1330. The Morgan fingerprint density at radius 1 is 1.11 bits per heavy atom. The van der Waals surface area contributed by atoms with E-state index in [1.165, 1.54) is 20.3 Å². The molecule has 1 heterocycles. The summed E-state index contributed by atoms with van der Waals surface area (Å²) in [6.45, 7) is 1.69. The van der Waals surface area contributed by atoms with Crippen LogP contribution in [0.2, 0.25) is 0 Å². The summed E-state index contributed by atoms with van der Waals surface area (Å²) in [6.07, 6.45) is 0.614. The number of nitro groups is 1. The number of nitro benzene ring substituents is 1. The molecule has 10 nitrogen and oxygen atoms in total. The summed E-state index contributed by atoms with van der Waals surface area (Å²) in [4.78, 5) is 37.4. The number of hydrogen-bond donors (Lipinski definition) is 2. The lowest BCUT2D eigenvalue weighted by Gasteiger charge is -2.36. The number of ether oxygens (including phenoxy) is 3. The van der Waals surface area contributed by atoms with Gasteiger partial charge in [-0.25, -0.2) is 4.79 Å². The molecule has 0 aromatic heterocycles. The predicted molar refractivity (Wildman–Crippen MR) is 129 cm³/mol. The highest BCUT2D eigenvalue weighted by Crippen LogP contribution is 2.49. The number of ketones is 1. The summed E-state index contributed by atoms with van der Waals surface area (Å²) < 4.78 is 15.7. The fourth-order valence-electron chi connectivity index (χ4n) is 5.05. The topological polar surface area (TPSA) is 137 Å². The van der Waals surface area contributed by atoms with Crippen LogP contribution in [0, 0.1) is 10.1 Å². The molecule has 2 aromatic carbocycles. The van der Waals surface area contributed by atoms with E-state index in [-0.39, 0.29) is 35.0 Å². The van der Waals surface area contributed by atoms with Crippen molar-refractivity contribution < 1.29 is 33.8 Å². The van der Waals surface area contributed by atoms with Crippen molar-refractivity contribution in [3.05, 3.63) is 80.2 Å². The van der Waals surface area contributed by atoms with Gasteiger partial charge in [0.1, 0.15) is 5.75 Å². The molecular weight excluding hydrogens is 468 g/mol. The van der Waals surface area contributed by atoms with Crippen LogP contribution in [0.4, 0.5) is 5.69 Å². The minimum Gasteiger partial charge on any atom is -0.500 e. The van der Waals surface area contributed by atoms with Crippen molar-refractivity contribution in [1.29, 1.82) is 0 Å². The molecular formula is C26H26N2O8. The summed E-state index contributed by atoms with van der Waals surface area (Å²) in [6, 6.07) is 10.1. The van der Waals surface area contributed by atoms with Crippen molar-refractivity contribution in [2.75, 3.05) is 21.3 Å². The second-order valence-electron chi connectivity index (χ2n) is 8.60. The summed E-state index contributed by atoms with van der Waals surface area (Å²) in [5.41, 5.74) is 2.12. The standard InChI is InChI=1S/C26H26N2O8/c1-13-22(26(31)36-4)23(15-10-18(28(32)33)25(30)21(12-15)35-3)24-17(27-13)9-14(11-19(24)29)16-7-5-6-8-20(16)34-2/h5-8,10,12,14,23,27,30H,9,11H2,1-4H3/t14-,23+/m1/s1. The van der Waals surface area contributed by atoms with E-state index in [0.29, 0.717) is 29.1 Å². The van der Waals surface area contributed by atoms with Crippen molar-refractivity contribution in [2.45, 2.75) is 31.6 Å². The van der Waals surface area contributed by atoms with Gasteiger partial charge >= 0.3 is 11.7 Å². The second kappa shape index (κ2) is 9.73. The zero-order chi connectivity index (χ0) is 26.1. The van der Waals surface area contributed by atoms with Crippen LogP contribution in [0.25, 0.3) is 0 Å². The van der Waals surface area contributed by atoms with Gasteiger partial charge < -0.3 is 24.6 Å². The van der Waals surface area contributed by atoms with Gasteiger partial charge in [0.2, 0.25) is 5.75 Å². The molecule has 0 unspecified atom stereocenters. The third-order valence-corrected chi connectivity index (χ3v) is 6.64. The van der Waals surface area contributed by atoms with Crippen LogP contribution >= 0.6 is 0 Å². The van der Waals surface area contributed by atoms with Gasteiger partial charge in [0.25, 0.3) is 0 Å². The smallest absolute Gasteiger partial charge is 0.336 e. The predicted octanol–water partition coefficient (Wildman–Crippen LogP) is 3.85. The highest BCUT2D eigenvalue weighted by molar-refractivity contribution is 6.04. The summed E-state index contributed by atoms with van der Waals surface area (Å²) in [5, 5.41) is 25.1. The number of dihydropyridines is 1. The van der Waals surface area contributed by atoms with Crippen LogP contribution in [0.1, 0.15) is 42.7 Å². The first-order valence-electron chi connectivity index (χ1n) is 11.2. The normalized spacial score (nSPS) is 19.4. The number of Topliss-reactive ketones (excluding diaryl/α,β-unsaturated/α-hetero) is 1. The molecule has 0 saturated carbocycles. The fraction of sp³-hybridized carbons (Fsp3) is 0.308. The van der Waals surface area contributed by atoms with E-state index in [1.807, 2.05) is 24.3 Å². The zero-order valence-electron chi connectivity index (χ0n) is 20.3. The van der Waals surface area contributed by atoms with Crippen LogP contribution in [0.3, 0.4) is 0 Å². The molecule has 0 saturated heterocycles. The number of rotatable bonds is 6. The molecule has 1 aliphatic heterocycles.